The number of nitrogens with one attached hydrogen (secondary N) is 2. The van der Waals surface area contributed by atoms with Crippen LogP contribution < -0.4 is 11.4 Å². The summed E-state index contributed by atoms with van der Waals surface area (Å²) >= 11 is 0. The van der Waals surface area contributed by atoms with Gasteiger partial charge in [0.25, 0.3) is 0 Å². The van der Waals surface area contributed by atoms with Crippen molar-refractivity contribution in [1.29, 1.82) is 0 Å². The van der Waals surface area contributed by atoms with Crippen LogP contribution in [0.4, 0.5) is 0 Å². The lowest BCUT2D eigenvalue weighted by molar-refractivity contribution is 0.254. The number of nitrogens with two attached hydrogens (primary N) is 1. The minimum atomic E-state index is -0.171. The zero-order chi connectivity index (χ0) is 12.6. The van der Waals surface area contributed by atoms with E-state index < -0.39 is 0 Å². The van der Waals surface area contributed by atoms with E-state index in [9.17, 15) is 4.79 Å². The first-order valence-corrected chi connectivity index (χ1v) is 6.33. The number of aromatic amines is 2. The van der Waals surface area contributed by atoms with Crippen molar-refractivity contribution in [3.63, 3.8) is 0 Å². The second kappa shape index (κ2) is 4.14. The lowest BCUT2D eigenvalue weighted by Gasteiger charge is -2.42. The average molecular weight is 243 g/mol. The van der Waals surface area contributed by atoms with Gasteiger partial charge in [0.2, 0.25) is 0 Å². The van der Waals surface area contributed by atoms with Gasteiger partial charge in [0, 0.05) is 23.7 Å². The number of imidazole rings is 1. The Morgan fingerprint density at radius 1 is 1.28 bits per heavy atom. The van der Waals surface area contributed by atoms with E-state index in [0.717, 1.165) is 24.1 Å². The summed E-state index contributed by atoms with van der Waals surface area (Å²) in [5.74, 6) is 0. The average Bonchev–Trinajstić information content (AvgIpc) is 2.76. The molecule has 0 atom stereocenters. The number of aromatic nitrogens is 2. The van der Waals surface area contributed by atoms with E-state index in [0.29, 0.717) is 6.54 Å². The van der Waals surface area contributed by atoms with Gasteiger partial charge in [-0.15, -0.1) is 0 Å². The Balaban J connectivity index is 2.13. The summed E-state index contributed by atoms with van der Waals surface area (Å²) < 4.78 is 0. The Hall–Kier alpha value is -1.81. The first-order chi connectivity index (χ1) is 8.75. The highest BCUT2D eigenvalue weighted by Gasteiger charge is 2.38. The van der Waals surface area contributed by atoms with Crippen LogP contribution in [-0.4, -0.2) is 16.5 Å². The molecule has 4 heteroatoms. The molecule has 94 valence electrons. The quantitative estimate of drug-likeness (QED) is 0.768. The van der Waals surface area contributed by atoms with Gasteiger partial charge in [-0.2, -0.15) is 0 Å². The molecule has 2 aromatic rings. The van der Waals surface area contributed by atoms with Crippen molar-refractivity contribution >= 4 is 0 Å². The van der Waals surface area contributed by atoms with Gasteiger partial charge < -0.3 is 15.7 Å². The molecule has 1 aliphatic carbocycles. The predicted octanol–water partition coefficient (Wildman–Crippen LogP) is 1.75. The van der Waals surface area contributed by atoms with Crippen LogP contribution in [-0.2, 0) is 5.41 Å². The van der Waals surface area contributed by atoms with Crippen LogP contribution in [0.3, 0.4) is 0 Å². The maximum absolute atomic E-state index is 11.2. The minimum absolute atomic E-state index is 0.102. The zero-order valence-corrected chi connectivity index (χ0v) is 10.2. The van der Waals surface area contributed by atoms with Crippen molar-refractivity contribution in [3.05, 3.63) is 46.5 Å². The number of rotatable bonds is 3. The van der Waals surface area contributed by atoms with Gasteiger partial charge in [-0.25, -0.2) is 4.79 Å². The fourth-order valence-electron chi connectivity index (χ4n) is 2.84. The van der Waals surface area contributed by atoms with Crippen molar-refractivity contribution in [2.45, 2.75) is 24.7 Å². The van der Waals surface area contributed by atoms with Crippen LogP contribution in [0.25, 0.3) is 11.3 Å². The maximum Gasteiger partial charge on any atom is 0.323 e. The van der Waals surface area contributed by atoms with E-state index in [-0.39, 0.29) is 11.1 Å². The van der Waals surface area contributed by atoms with E-state index >= 15 is 0 Å². The Labute approximate surface area is 105 Å². The van der Waals surface area contributed by atoms with E-state index in [4.69, 9.17) is 5.73 Å². The molecule has 0 amide bonds. The first kappa shape index (κ1) is 11.3. The Morgan fingerprint density at radius 3 is 2.61 bits per heavy atom. The van der Waals surface area contributed by atoms with Gasteiger partial charge in [0.1, 0.15) is 0 Å². The van der Waals surface area contributed by atoms with Gasteiger partial charge in [-0.3, -0.25) is 0 Å². The maximum atomic E-state index is 11.2. The molecule has 1 aliphatic rings. The third-order valence-corrected chi connectivity index (χ3v) is 4.09. The van der Waals surface area contributed by atoms with Crippen LogP contribution in [0.15, 0.2) is 35.3 Å². The summed E-state index contributed by atoms with van der Waals surface area (Å²) in [5.41, 5.74) is 9.09. The standard InChI is InChI=1S/C14H17N3O/c15-9-14(6-3-7-14)11-5-2-1-4-10(11)12-8-16-13(18)17-12/h1-2,4-5,8H,3,6-7,9,15H2,(H2,16,17,18). The largest absolute Gasteiger partial charge is 0.330 e. The molecule has 0 aliphatic heterocycles. The Bertz CT molecular complexity index is 602. The van der Waals surface area contributed by atoms with Crippen LogP contribution in [0.5, 0.6) is 0 Å². The molecule has 18 heavy (non-hydrogen) atoms. The predicted molar refractivity (Wildman–Crippen MR) is 71.4 cm³/mol. The van der Waals surface area contributed by atoms with Gasteiger partial charge in [0.05, 0.1) is 5.69 Å². The molecular weight excluding hydrogens is 226 g/mol. The first-order valence-electron chi connectivity index (χ1n) is 6.33. The highest BCUT2D eigenvalue weighted by molar-refractivity contribution is 5.65. The van der Waals surface area contributed by atoms with Crippen molar-refractivity contribution < 1.29 is 0 Å². The molecule has 0 radical (unpaired) electrons. The number of hydrogen-bond acceptors (Lipinski definition) is 2. The van der Waals surface area contributed by atoms with Crippen molar-refractivity contribution in [2.75, 3.05) is 6.54 Å². The van der Waals surface area contributed by atoms with Gasteiger partial charge in [0.15, 0.2) is 0 Å². The molecule has 1 heterocycles. The summed E-state index contributed by atoms with van der Waals surface area (Å²) in [4.78, 5) is 16.7. The molecule has 0 unspecified atom stereocenters. The Morgan fingerprint density at radius 2 is 2.06 bits per heavy atom. The van der Waals surface area contributed by atoms with Gasteiger partial charge >= 0.3 is 5.69 Å². The van der Waals surface area contributed by atoms with E-state index in [2.05, 4.69) is 16.0 Å². The number of H-pyrrole nitrogens is 2. The van der Waals surface area contributed by atoms with Gasteiger partial charge in [-0.1, -0.05) is 30.7 Å². The molecular formula is C14H17N3O. The minimum Gasteiger partial charge on any atom is -0.330 e. The molecule has 3 rings (SSSR count). The third-order valence-electron chi connectivity index (χ3n) is 4.09. The van der Waals surface area contributed by atoms with E-state index in [1.54, 1.807) is 6.20 Å². The number of benzene rings is 1. The van der Waals surface area contributed by atoms with E-state index in [1.165, 1.54) is 12.0 Å². The van der Waals surface area contributed by atoms with Crippen LogP contribution >= 0.6 is 0 Å². The molecule has 0 bridgehead atoms. The molecule has 4 N–H and O–H groups in total. The van der Waals surface area contributed by atoms with Crippen LogP contribution in [0.1, 0.15) is 24.8 Å². The summed E-state index contributed by atoms with van der Waals surface area (Å²) in [6, 6.07) is 8.21. The summed E-state index contributed by atoms with van der Waals surface area (Å²) in [6.07, 6.45) is 5.23. The fraction of sp³-hybridized carbons (Fsp3) is 0.357. The normalized spacial score (nSPS) is 17.4. The third kappa shape index (κ3) is 1.61. The number of hydrogen-bond donors (Lipinski definition) is 3. The smallest absolute Gasteiger partial charge is 0.323 e. The summed E-state index contributed by atoms with van der Waals surface area (Å²) in [6.45, 7) is 0.665. The van der Waals surface area contributed by atoms with Crippen molar-refractivity contribution in [1.82, 2.24) is 9.97 Å². The highest BCUT2D eigenvalue weighted by Crippen LogP contribution is 2.45. The van der Waals surface area contributed by atoms with E-state index in [1.807, 2.05) is 18.2 Å². The van der Waals surface area contributed by atoms with Crippen molar-refractivity contribution in [3.8, 4) is 11.3 Å². The molecule has 1 aromatic carbocycles. The fourth-order valence-corrected chi connectivity index (χ4v) is 2.84. The second-order valence-electron chi connectivity index (χ2n) is 5.04. The molecule has 4 nitrogen and oxygen atoms in total. The summed E-state index contributed by atoms with van der Waals surface area (Å²) in [5, 5.41) is 0. The molecule has 1 aromatic heterocycles. The molecule has 0 saturated heterocycles. The van der Waals surface area contributed by atoms with Crippen LogP contribution in [0, 0.1) is 0 Å². The van der Waals surface area contributed by atoms with Gasteiger partial charge in [-0.05, 0) is 18.4 Å². The van der Waals surface area contributed by atoms with Crippen molar-refractivity contribution in [2.24, 2.45) is 5.73 Å². The SMILES string of the molecule is NCC1(c2ccccc2-c2c[nH]c(=O)[nH]2)CCC1. The summed E-state index contributed by atoms with van der Waals surface area (Å²) in [7, 11) is 0. The topological polar surface area (TPSA) is 74.7 Å². The lowest BCUT2D eigenvalue weighted by atomic mass is 9.63. The lowest BCUT2D eigenvalue weighted by Crippen LogP contribution is -2.41. The molecule has 0 spiro atoms. The van der Waals surface area contributed by atoms with Crippen LogP contribution in [0.2, 0.25) is 0 Å². The second-order valence-corrected chi connectivity index (χ2v) is 5.04. The molecule has 1 saturated carbocycles. The highest BCUT2D eigenvalue weighted by atomic mass is 16.1. The Kier molecular flexibility index (Phi) is 2.59. The molecule has 1 fully saturated rings. The zero-order valence-electron chi connectivity index (χ0n) is 10.2. The monoisotopic (exact) mass is 243 g/mol.